The highest BCUT2D eigenvalue weighted by molar-refractivity contribution is 5.75. The summed E-state index contributed by atoms with van der Waals surface area (Å²) < 4.78 is 0. The van der Waals surface area contributed by atoms with Gasteiger partial charge in [-0.25, -0.2) is 0 Å². The van der Waals surface area contributed by atoms with Crippen LogP contribution < -0.4 is 5.73 Å². The molecule has 0 unspecified atom stereocenters. The van der Waals surface area contributed by atoms with E-state index in [9.17, 15) is 0 Å². The maximum atomic E-state index is 5.82. The standard InChI is InChI=1S/C11H11N3/c1-8-6-9(2-5-14-8)10-3-4-13-7-11(10)12/h2-7H,12H2,1H3. The number of nitrogen functional groups attached to an aromatic ring is 1. The third kappa shape index (κ3) is 1.57. The zero-order valence-corrected chi connectivity index (χ0v) is 7.94. The number of anilines is 1. The van der Waals surface area contributed by atoms with Gasteiger partial charge in [-0.3, -0.25) is 9.97 Å². The Morgan fingerprint density at radius 2 is 2.07 bits per heavy atom. The molecule has 2 aromatic rings. The smallest absolute Gasteiger partial charge is 0.0580 e. The van der Waals surface area contributed by atoms with Crippen LogP contribution in [0.15, 0.2) is 36.8 Å². The van der Waals surface area contributed by atoms with Gasteiger partial charge in [0, 0.05) is 23.7 Å². The average Bonchev–Trinajstić information content (AvgIpc) is 2.18. The molecule has 0 aliphatic carbocycles. The number of rotatable bonds is 1. The summed E-state index contributed by atoms with van der Waals surface area (Å²) >= 11 is 0. The van der Waals surface area contributed by atoms with Crippen LogP contribution in [0.3, 0.4) is 0 Å². The van der Waals surface area contributed by atoms with Crippen molar-refractivity contribution in [3.63, 3.8) is 0 Å². The van der Waals surface area contributed by atoms with Crippen molar-refractivity contribution in [1.29, 1.82) is 0 Å². The Labute approximate surface area is 82.6 Å². The lowest BCUT2D eigenvalue weighted by Crippen LogP contribution is -1.91. The molecule has 2 N–H and O–H groups in total. The lowest BCUT2D eigenvalue weighted by molar-refractivity contribution is 1.20. The van der Waals surface area contributed by atoms with E-state index in [1.807, 2.05) is 25.1 Å². The van der Waals surface area contributed by atoms with Crippen LogP contribution in [0, 0.1) is 6.92 Å². The molecule has 3 heteroatoms. The van der Waals surface area contributed by atoms with Gasteiger partial charge < -0.3 is 5.73 Å². The predicted molar refractivity (Wildman–Crippen MR) is 56.6 cm³/mol. The van der Waals surface area contributed by atoms with Crippen LogP contribution in [0.25, 0.3) is 11.1 Å². The molecule has 0 saturated heterocycles. The van der Waals surface area contributed by atoms with E-state index in [0.29, 0.717) is 5.69 Å². The molecular formula is C11H11N3. The molecule has 0 atom stereocenters. The minimum Gasteiger partial charge on any atom is -0.397 e. The minimum absolute atomic E-state index is 0.693. The molecule has 0 aromatic carbocycles. The normalized spacial score (nSPS) is 10.1. The fourth-order valence-corrected chi connectivity index (χ4v) is 1.38. The Balaban J connectivity index is 2.55. The van der Waals surface area contributed by atoms with Crippen LogP contribution in [0.1, 0.15) is 5.69 Å². The molecule has 70 valence electrons. The van der Waals surface area contributed by atoms with E-state index in [4.69, 9.17) is 5.73 Å². The maximum Gasteiger partial charge on any atom is 0.0580 e. The topological polar surface area (TPSA) is 51.8 Å². The molecule has 0 bridgehead atoms. The van der Waals surface area contributed by atoms with E-state index in [-0.39, 0.29) is 0 Å². The van der Waals surface area contributed by atoms with Crippen molar-refractivity contribution in [2.75, 3.05) is 5.73 Å². The minimum atomic E-state index is 0.693. The Kier molecular flexibility index (Phi) is 2.14. The van der Waals surface area contributed by atoms with Gasteiger partial charge in [0.25, 0.3) is 0 Å². The van der Waals surface area contributed by atoms with Crippen LogP contribution in [0.2, 0.25) is 0 Å². The van der Waals surface area contributed by atoms with E-state index in [2.05, 4.69) is 9.97 Å². The summed E-state index contributed by atoms with van der Waals surface area (Å²) in [6, 6.07) is 5.86. The Morgan fingerprint density at radius 3 is 2.79 bits per heavy atom. The first-order valence-electron chi connectivity index (χ1n) is 4.40. The van der Waals surface area contributed by atoms with Crippen molar-refractivity contribution < 1.29 is 0 Å². The lowest BCUT2D eigenvalue weighted by atomic mass is 10.1. The molecule has 0 amide bonds. The van der Waals surface area contributed by atoms with Gasteiger partial charge in [0.15, 0.2) is 0 Å². The number of aryl methyl sites for hydroxylation is 1. The van der Waals surface area contributed by atoms with Gasteiger partial charge >= 0.3 is 0 Å². The van der Waals surface area contributed by atoms with E-state index in [1.165, 1.54) is 0 Å². The van der Waals surface area contributed by atoms with E-state index >= 15 is 0 Å². The first-order chi connectivity index (χ1) is 6.77. The lowest BCUT2D eigenvalue weighted by Gasteiger charge is -2.04. The Morgan fingerprint density at radius 1 is 1.21 bits per heavy atom. The first-order valence-corrected chi connectivity index (χ1v) is 4.40. The predicted octanol–water partition coefficient (Wildman–Crippen LogP) is 2.03. The number of nitrogens with two attached hydrogens (primary N) is 1. The van der Waals surface area contributed by atoms with Crippen molar-refractivity contribution in [1.82, 2.24) is 9.97 Å². The molecule has 0 saturated carbocycles. The van der Waals surface area contributed by atoms with E-state index in [0.717, 1.165) is 16.8 Å². The summed E-state index contributed by atoms with van der Waals surface area (Å²) in [6.07, 6.45) is 5.18. The molecule has 2 rings (SSSR count). The van der Waals surface area contributed by atoms with Crippen molar-refractivity contribution in [3.8, 4) is 11.1 Å². The zero-order chi connectivity index (χ0) is 9.97. The van der Waals surface area contributed by atoms with Crippen LogP contribution in [-0.2, 0) is 0 Å². The van der Waals surface area contributed by atoms with Gasteiger partial charge in [-0.15, -0.1) is 0 Å². The largest absolute Gasteiger partial charge is 0.397 e. The molecule has 0 radical (unpaired) electrons. The highest BCUT2D eigenvalue weighted by atomic mass is 14.7. The molecule has 2 heterocycles. The third-order valence-electron chi connectivity index (χ3n) is 2.06. The third-order valence-corrected chi connectivity index (χ3v) is 2.06. The number of pyridine rings is 2. The van der Waals surface area contributed by atoms with Crippen LogP contribution in [0.5, 0.6) is 0 Å². The van der Waals surface area contributed by atoms with Crippen molar-refractivity contribution in [3.05, 3.63) is 42.5 Å². The summed E-state index contributed by atoms with van der Waals surface area (Å²) in [5.74, 6) is 0. The van der Waals surface area contributed by atoms with Gasteiger partial charge in [-0.2, -0.15) is 0 Å². The van der Waals surface area contributed by atoms with Gasteiger partial charge in [-0.05, 0) is 30.7 Å². The van der Waals surface area contributed by atoms with Crippen LogP contribution in [0.4, 0.5) is 5.69 Å². The first kappa shape index (κ1) is 8.69. The molecule has 0 aliphatic rings. The van der Waals surface area contributed by atoms with Gasteiger partial charge in [0.05, 0.1) is 11.9 Å². The van der Waals surface area contributed by atoms with E-state index < -0.39 is 0 Å². The Bertz CT molecular complexity index is 452. The average molecular weight is 185 g/mol. The van der Waals surface area contributed by atoms with Crippen molar-refractivity contribution in [2.45, 2.75) is 6.92 Å². The summed E-state index contributed by atoms with van der Waals surface area (Å²) in [7, 11) is 0. The van der Waals surface area contributed by atoms with Crippen molar-refractivity contribution >= 4 is 5.69 Å². The fourth-order valence-electron chi connectivity index (χ4n) is 1.38. The molecular weight excluding hydrogens is 174 g/mol. The van der Waals surface area contributed by atoms with Gasteiger partial charge in [0.2, 0.25) is 0 Å². The zero-order valence-electron chi connectivity index (χ0n) is 7.94. The van der Waals surface area contributed by atoms with Crippen molar-refractivity contribution in [2.24, 2.45) is 0 Å². The van der Waals surface area contributed by atoms with Gasteiger partial charge in [0.1, 0.15) is 0 Å². The highest BCUT2D eigenvalue weighted by Crippen LogP contribution is 2.24. The highest BCUT2D eigenvalue weighted by Gasteiger charge is 2.01. The number of aromatic nitrogens is 2. The Hall–Kier alpha value is -1.90. The molecule has 0 fully saturated rings. The molecule has 14 heavy (non-hydrogen) atoms. The van der Waals surface area contributed by atoms with E-state index in [1.54, 1.807) is 18.6 Å². The molecule has 2 aromatic heterocycles. The van der Waals surface area contributed by atoms with Crippen LogP contribution in [-0.4, -0.2) is 9.97 Å². The molecule has 0 spiro atoms. The summed E-state index contributed by atoms with van der Waals surface area (Å²) in [4.78, 5) is 8.09. The molecule has 3 nitrogen and oxygen atoms in total. The summed E-state index contributed by atoms with van der Waals surface area (Å²) in [5.41, 5.74) is 9.58. The SMILES string of the molecule is Cc1cc(-c2ccncc2N)ccn1. The number of hydrogen-bond acceptors (Lipinski definition) is 3. The van der Waals surface area contributed by atoms with Crippen LogP contribution >= 0.6 is 0 Å². The second-order valence-electron chi connectivity index (χ2n) is 3.15. The quantitative estimate of drug-likeness (QED) is 0.739. The fraction of sp³-hybridized carbons (Fsp3) is 0.0909. The monoisotopic (exact) mass is 185 g/mol. The summed E-state index contributed by atoms with van der Waals surface area (Å²) in [5, 5.41) is 0. The number of nitrogens with zero attached hydrogens (tertiary/aromatic N) is 2. The molecule has 0 aliphatic heterocycles. The second kappa shape index (κ2) is 3.46. The van der Waals surface area contributed by atoms with Gasteiger partial charge in [-0.1, -0.05) is 0 Å². The maximum absolute atomic E-state index is 5.82. The number of hydrogen-bond donors (Lipinski definition) is 1. The second-order valence-corrected chi connectivity index (χ2v) is 3.15. The summed E-state index contributed by atoms with van der Waals surface area (Å²) in [6.45, 7) is 1.96.